The van der Waals surface area contributed by atoms with Gasteiger partial charge in [0.05, 0.1) is 0 Å². The number of aliphatic hydroxyl groups excluding tert-OH is 1. The zero-order valence-electron chi connectivity index (χ0n) is 9.25. The lowest BCUT2D eigenvalue weighted by Crippen LogP contribution is -2.13. The second kappa shape index (κ2) is 4.43. The van der Waals surface area contributed by atoms with E-state index in [-0.39, 0.29) is 11.3 Å². The minimum atomic E-state index is -1.08. The van der Waals surface area contributed by atoms with Crippen LogP contribution in [0.2, 0.25) is 0 Å². The highest BCUT2D eigenvalue weighted by atomic mass is 16.6. The van der Waals surface area contributed by atoms with Gasteiger partial charge in [0.1, 0.15) is 11.3 Å². The molecule has 0 saturated carbocycles. The van der Waals surface area contributed by atoms with Crippen molar-refractivity contribution >= 4 is 16.7 Å². The van der Waals surface area contributed by atoms with Crippen LogP contribution in [-0.4, -0.2) is 22.5 Å². The second-order valence-electron chi connectivity index (χ2n) is 3.69. The standard InChI is InChI=1S/C13H12O4/c1-8(14)17-12-10-5-3-2-4-9(10)6-7-11(12)13(15)16/h2-8,14H,1H3,(H,15,16). The Morgan fingerprint density at radius 3 is 2.59 bits per heavy atom. The number of ether oxygens (including phenoxy) is 1. The van der Waals surface area contributed by atoms with Crippen LogP contribution in [0.3, 0.4) is 0 Å². The fourth-order valence-corrected chi connectivity index (χ4v) is 1.71. The number of aliphatic hydroxyl groups is 1. The third-order valence-corrected chi connectivity index (χ3v) is 2.40. The Bertz CT molecular complexity index is 560. The van der Waals surface area contributed by atoms with Gasteiger partial charge in [-0.05, 0) is 18.4 Å². The number of carbonyl (C=O) groups is 1. The van der Waals surface area contributed by atoms with Crippen molar-refractivity contribution in [3.63, 3.8) is 0 Å². The zero-order chi connectivity index (χ0) is 12.4. The van der Waals surface area contributed by atoms with E-state index in [4.69, 9.17) is 9.84 Å². The average molecular weight is 232 g/mol. The summed E-state index contributed by atoms with van der Waals surface area (Å²) in [6.45, 7) is 1.44. The van der Waals surface area contributed by atoms with Crippen LogP contribution in [0, 0.1) is 0 Å². The SMILES string of the molecule is CC(O)Oc1c(C(=O)O)ccc2ccccc12. The van der Waals surface area contributed by atoms with Crippen LogP contribution in [0.15, 0.2) is 36.4 Å². The van der Waals surface area contributed by atoms with Crippen molar-refractivity contribution in [1.29, 1.82) is 0 Å². The summed E-state index contributed by atoms with van der Waals surface area (Å²) in [6, 6.07) is 10.5. The van der Waals surface area contributed by atoms with Gasteiger partial charge in [-0.3, -0.25) is 0 Å². The van der Waals surface area contributed by atoms with Crippen LogP contribution < -0.4 is 4.74 Å². The number of hydrogen-bond acceptors (Lipinski definition) is 3. The number of carboxylic acids is 1. The van der Waals surface area contributed by atoms with Crippen LogP contribution >= 0.6 is 0 Å². The highest BCUT2D eigenvalue weighted by molar-refractivity contribution is 6.00. The molecular weight excluding hydrogens is 220 g/mol. The van der Waals surface area contributed by atoms with Gasteiger partial charge in [0.25, 0.3) is 0 Å². The van der Waals surface area contributed by atoms with E-state index in [1.54, 1.807) is 18.2 Å². The van der Waals surface area contributed by atoms with Gasteiger partial charge in [-0.2, -0.15) is 0 Å². The van der Waals surface area contributed by atoms with E-state index < -0.39 is 12.3 Å². The van der Waals surface area contributed by atoms with E-state index >= 15 is 0 Å². The summed E-state index contributed by atoms with van der Waals surface area (Å²) < 4.78 is 5.19. The largest absolute Gasteiger partial charge is 0.478 e. The van der Waals surface area contributed by atoms with Gasteiger partial charge < -0.3 is 14.9 Å². The van der Waals surface area contributed by atoms with Crippen molar-refractivity contribution in [1.82, 2.24) is 0 Å². The summed E-state index contributed by atoms with van der Waals surface area (Å²) >= 11 is 0. The highest BCUT2D eigenvalue weighted by Crippen LogP contribution is 2.30. The van der Waals surface area contributed by atoms with E-state index in [0.717, 1.165) is 5.39 Å². The van der Waals surface area contributed by atoms with Gasteiger partial charge in [0.2, 0.25) is 0 Å². The summed E-state index contributed by atoms with van der Waals surface area (Å²) in [5.74, 6) is -0.878. The van der Waals surface area contributed by atoms with Crippen molar-refractivity contribution in [2.75, 3.05) is 0 Å². The van der Waals surface area contributed by atoms with E-state index in [1.165, 1.54) is 13.0 Å². The molecule has 0 fully saturated rings. The monoisotopic (exact) mass is 232 g/mol. The fraction of sp³-hybridized carbons (Fsp3) is 0.154. The number of hydrogen-bond donors (Lipinski definition) is 2. The first-order valence-electron chi connectivity index (χ1n) is 5.19. The second-order valence-corrected chi connectivity index (χ2v) is 3.69. The molecule has 0 bridgehead atoms. The van der Waals surface area contributed by atoms with E-state index in [0.29, 0.717) is 5.39 Å². The van der Waals surface area contributed by atoms with E-state index in [9.17, 15) is 9.90 Å². The lowest BCUT2D eigenvalue weighted by molar-refractivity contribution is 0.0000143. The summed E-state index contributed by atoms with van der Waals surface area (Å²) in [5, 5.41) is 19.9. The molecule has 2 N–H and O–H groups in total. The lowest BCUT2D eigenvalue weighted by Gasteiger charge is -2.14. The van der Waals surface area contributed by atoms with Gasteiger partial charge in [0, 0.05) is 5.39 Å². The Morgan fingerprint density at radius 1 is 1.24 bits per heavy atom. The van der Waals surface area contributed by atoms with Crippen molar-refractivity contribution in [2.24, 2.45) is 0 Å². The molecule has 4 nitrogen and oxygen atoms in total. The molecule has 0 radical (unpaired) electrons. The normalized spacial score (nSPS) is 12.4. The summed E-state index contributed by atoms with van der Waals surface area (Å²) in [6.07, 6.45) is -1.06. The van der Waals surface area contributed by atoms with E-state index in [2.05, 4.69) is 0 Å². The van der Waals surface area contributed by atoms with Crippen molar-refractivity contribution in [2.45, 2.75) is 13.2 Å². The van der Waals surface area contributed by atoms with Crippen LogP contribution in [0.5, 0.6) is 5.75 Å². The lowest BCUT2D eigenvalue weighted by atomic mass is 10.1. The van der Waals surface area contributed by atoms with Crippen molar-refractivity contribution < 1.29 is 19.7 Å². The van der Waals surface area contributed by atoms with Gasteiger partial charge in [-0.15, -0.1) is 0 Å². The summed E-state index contributed by atoms with van der Waals surface area (Å²) in [5.41, 5.74) is 0.0459. The average Bonchev–Trinajstić information content (AvgIpc) is 2.28. The van der Waals surface area contributed by atoms with Crippen LogP contribution in [0.25, 0.3) is 10.8 Å². The molecule has 1 unspecified atom stereocenters. The summed E-state index contributed by atoms with van der Waals surface area (Å²) in [4.78, 5) is 11.1. The topological polar surface area (TPSA) is 66.8 Å². The molecule has 0 spiro atoms. The minimum Gasteiger partial charge on any atom is -0.478 e. The third-order valence-electron chi connectivity index (χ3n) is 2.40. The first-order chi connectivity index (χ1) is 8.09. The molecule has 1 atom stereocenters. The molecule has 0 heterocycles. The number of carboxylic acid groups (broad SMARTS) is 1. The Kier molecular flexibility index (Phi) is 2.97. The molecule has 2 rings (SSSR count). The Labute approximate surface area is 98.1 Å². The third kappa shape index (κ3) is 2.21. The molecule has 2 aromatic rings. The van der Waals surface area contributed by atoms with Gasteiger partial charge in [-0.25, -0.2) is 4.79 Å². The van der Waals surface area contributed by atoms with Crippen molar-refractivity contribution in [3.05, 3.63) is 42.0 Å². The number of aromatic carboxylic acids is 1. The molecule has 2 aromatic carbocycles. The number of benzene rings is 2. The number of rotatable bonds is 3. The van der Waals surface area contributed by atoms with E-state index in [1.807, 2.05) is 12.1 Å². The summed E-state index contributed by atoms with van der Waals surface area (Å²) in [7, 11) is 0. The van der Waals surface area contributed by atoms with Crippen LogP contribution in [0.4, 0.5) is 0 Å². The zero-order valence-corrected chi connectivity index (χ0v) is 9.25. The molecule has 17 heavy (non-hydrogen) atoms. The van der Waals surface area contributed by atoms with Gasteiger partial charge >= 0.3 is 5.97 Å². The molecular formula is C13H12O4. The maximum absolute atomic E-state index is 11.1. The first-order valence-corrected chi connectivity index (χ1v) is 5.19. The van der Waals surface area contributed by atoms with Crippen LogP contribution in [-0.2, 0) is 0 Å². The van der Waals surface area contributed by atoms with Gasteiger partial charge in [-0.1, -0.05) is 30.3 Å². The molecule has 0 saturated heterocycles. The molecule has 0 aliphatic rings. The maximum atomic E-state index is 11.1. The Morgan fingerprint density at radius 2 is 1.94 bits per heavy atom. The smallest absolute Gasteiger partial charge is 0.339 e. The van der Waals surface area contributed by atoms with Crippen LogP contribution in [0.1, 0.15) is 17.3 Å². The molecule has 4 heteroatoms. The number of fused-ring (bicyclic) bond motifs is 1. The Hall–Kier alpha value is -2.07. The predicted octanol–water partition coefficient (Wildman–Crippen LogP) is 2.26. The molecule has 0 aromatic heterocycles. The first kappa shape index (κ1) is 11.4. The molecule has 0 amide bonds. The highest BCUT2D eigenvalue weighted by Gasteiger charge is 2.15. The Balaban J connectivity index is 2.70. The predicted molar refractivity (Wildman–Crippen MR) is 63.2 cm³/mol. The van der Waals surface area contributed by atoms with Crippen molar-refractivity contribution in [3.8, 4) is 5.75 Å². The molecule has 0 aliphatic heterocycles. The minimum absolute atomic E-state index is 0.0459. The fourth-order valence-electron chi connectivity index (χ4n) is 1.71. The molecule has 0 aliphatic carbocycles. The quantitative estimate of drug-likeness (QED) is 0.796. The maximum Gasteiger partial charge on any atom is 0.339 e. The van der Waals surface area contributed by atoms with Gasteiger partial charge in [0.15, 0.2) is 6.29 Å². The molecule has 88 valence electrons.